The Morgan fingerprint density at radius 2 is 2.03 bits per heavy atom. The molecule has 8 nitrogen and oxygen atoms in total. The number of nitrogens with one attached hydrogen (secondary N) is 2. The van der Waals surface area contributed by atoms with Crippen LogP contribution in [0.1, 0.15) is 50.7 Å². The number of nitrogens with zero attached hydrogens (tertiary/aromatic N) is 3. The molecule has 0 bridgehead atoms. The van der Waals surface area contributed by atoms with Crippen molar-refractivity contribution in [1.29, 1.82) is 0 Å². The van der Waals surface area contributed by atoms with Crippen molar-refractivity contribution >= 4 is 22.9 Å². The van der Waals surface area contributed by atoms with Gasteiger partial charge >= 0.3 is 6.09 Å². The lowest BCUT2D eigenvalue weighted by Crippen LogP contribution is -2.42. The fourth-order valence-electron chi connectivity index (χ4n) is 4.10. The monoisotopic (exact) mass is 437 g/mol. The van der Waals surface area contributed by atoms with Crippen LogP contribution in [0.25, 0.3) is 11.0 Å². The molecular formula is C24H31N5O3. The SMILES string of the molecule is COc1ccc(CNc2ncnc3[nH]cc(C4CCCN(C(=O)OC(C)(C)C)C4)c23)cc1. The fourth-order valence-corrected chi connectivity index (χ4v) is 4.10. The molecule has 1 aliphatic rings. The Morgan fingerprint density at radius 3 is 2.75 bits per heavy atom. The number of piperidine rings is 1. The van der Waals surface area contributed by atoms with Crippen molar-refractivity contribution in [2.24, 2.45) is 0 Å². The van der Waals surface area contributed by atoms with Crippen molar-refractivity contribution in [1.82, 2.24) is 19.9 Å². The summed E-state index contributed by atoms with van der Waals surface area (Å²) in [6.07, 6.45) is 5.24. The second kappa shape index (κ2) is 9.06. The lowest BCUT2D eigenvalue weighted by atomic mass is 9.91. The van der Waals surface area contributed by atoms with Crippen molar-refractivity contribution < 1.29 is 14.3 Å². The van der Waals surface area contributed by atoms with Crippen LogP contribution < -0.4 is 10.1 Å². The topological polar surface area (TPSA) is 92.4 Å². The minimum absolute atomic E-state index is 0.192. The third-order valence-electron chi connectivity index (χ3n) is 5.63. The van der Waals surface area contributed by atoms with Crippen LogP contribution in [0.4, 0.5) is 10.6 Å². The Balaban J connectivity index is 1.53. The van der Waals surface area contributed by atoms with Crippen molar-refractivity contribution in [2.75, 3.05) is 25.5 Å². The third-order valence-corrected chi connectivity index (χ3v) is 5.63. The minimum Gasteiger partial charge on any atom is -0.497 e. The third kappa shape index (κ3) is 4.95. The molecule has 1 aliphatic heterocycles. The maximum absolute atomic E-state index is 12.6. The fraction of sp³-hybridized carbons (Fsp3) is 0.458. The maximum atomic E-state index is 12.6. The number of benzene rings is 1. The predicted molar refractivity (Wildman–Crippen MR) is 124 cm³/mol. The van der Waals surface area contributed by atoms with Crippen LogP contribution in [0.5, 0.6) is 5.75 Å². The highest BCUT2D eigenvalue weighted by atomic mass is 16.6. The number of likely N-dealkylation sites (tertiary alicyclic amines) is 1. The molecular weight excluding hydrogens is 406 g/mol. The summed E-state index contributed by atoms with van der Waals surface area (Å²) in [5.74, 6) is 1.81. The molecule has 0 spiro atoms. The number of ether oxygens (including phenoxy) is 2. The molecule has 4 rings (SSSR count). The number of aromatic amines is 1. The number of amides is 1. The van der Waals surface area contributed by atoms with Crippen molar-refractivity contribution in [3.05, 3.63) is 47.9 Å². The van der Waals surface area contributed by atoms with E-state index in [1.54, 1.807) is 13.4 Å². The molecule has 1 atom stereocenters. The summed E-state index contributed by atoms with van der Waals surface area (Å²) in [5.41, 5.74) is 2.55. The quantitative estimate of drug-likeness (QED) is 0.601. The smallest absolute Gasteiger partial charge is 0.410 e. The van der Waals surface area contributed by atoms with E-state index in [9.17, 15) is 4.79 Å². The largest absolute Gasteiger partial charge is 0.497 e. The lowest BCUT2D eigenvalue weighted by molar-refractivity contribution is 0.0198. The summed E-state index contributed by atoms with van der Waals surface area (Å²) in [4.78, 5) is 26.6. The molecule has 2 aromatic heterocycles. The molecule has 0 saturated carbocycles. The van der Waals surface area contributed by atoms with Gasteiger partial charge in [0.05, 0.1) is 12.5 Å². The Morgan fingerprint density at radius 1 is 1.25 bits per heavy atom. The van der Waals surface area contributed by atoms with Crippen LogP contribution in [0.2, 0.25) is 0 Å². The number of methoxy groups -OCH3 is 1. The number of hydrogen-bond donors (Lipinski definition) is 2. The van der Waals surface area contributed by atoms with E-state index in [0.717, 1.165) is 46.6 Å². The average Bonchev–Trinajstić information content (AvgIpc) is 3.22. The van der Waals surface area contributed by atoms with E-state index in [-0.39, 0.29) is 12.0 Å². The summed E-state index contributed by atoms with van der Waals surface area (Å²) >= 11 is 0. The average molecular weight is 438 g/mol. The van der Waals surface area contributed by atoms with Crippen LogP contribution in [0.15, 0.2) is 36.8 Å². The zero-order valence-corrected chi connectivity index (χ0v) is 19.1. The van der Waals surface area contributed by atoms with Gasteiger partial charge in [-0.25, -0.2) is 14.8 Å². The molecule has 1 unspecified atom stereocenters. The molecule has 0 aliphatic carbocycles. The van der Waals surface area contributed by atoms with Crippen molar-refractivity contribution in [3.63, 3.8) is 0 Å². The molecule has 1 fully saturated rings. The summed E-state index contributed by atoms with van der Waals surface area (Å²) in [7, 11) is 1.66. The summed E-state index contributed by atoms with van der Waals surface area (Å²) in [6.45, 7) is 7.65. The van der Waals surface area contributed by atoms with Gasteiger partial charge in [-0.1, -0.05) is 12.1 Å². The number of fused-ring (bicyclic) bond motifs is 1. The van der Waals surface area contributed by atoms with E-state index in [1.807, 2.05) is 56.1 Å². The Hall–Kier alpha value is -3.29. The first-order valence-corrected chi connectivity index (χ1v) is 11.0. The molecule has 3 heterocycles. The van der Waals surface area contributed by atoms with Gasteiger partial charge in [0, 0.05) is 31.7 Å². The van der Waals surface area contributed by atoms with Gasteiger partial charge in [-0.15, -0.1) is 0 Å². The van der Waals surface area contributed by atoms with E-state index in [4.69, 9.17) is 9.47 Å². The number of anilines is 1. The van der Waals surface area contributed by atoms with Gasteiger partial charge in [0.2, 0.25) is 0 Å². The molecule has 3 aromatic rings. The highest BCUT2D eigenvalue weighted by Gasteiger charge is 2.30. The van der Waals surface area contributed by atoms with Gasteiger partial charge in [-0.3, -0.25) is 0 Å². The van der Waals surface area contributed by atoms with Gasteiger partial charge < -0.3 is 24.7 Å². The van der Waals surface area contributed by atoms with Crippen LogP contribution in [-0.2, 0) is 11.3 Å². The number of H-pyrrole nitrogens is 1. The molecule has 170 valence electrons. The van der Waals surface area contributed by atoms with E-state index >= 15 is 0 Å². The van der Waals surface area contributed by atoms with Gasteiger partial charge in [-0.2, -0.15) is 0 Å². The molecule has 1 aromatic carbocycles. The second-order valence-corrected chi connectivity index (χ2v) is 9.16. The zero-order valence-electron chi connectivity index (χ0n) is 19.1. The van der Waals surface area contributed by atoms with Gasteiger partial charge in [0.15, 0.2) is 0 Å². The maximum Gasteiger partial charge on any atom is 0.410 e. The van der Waals surface area contributed by atoms with E-state index in [2.05, 4.69) is 20.3 Å². The van der Waals surface area contributed by atoms with Crippen LogP contribution in [0.3, 0.4) is 0 Å². The summed E-state index contributed by atoms with van der Waals surface area (Å²) < 4.78 is 10.8. The highest BCUT2D eigenvalue weighted by Crippen LogP contribution is 2.35. The lowest BCUT2D eigenvalue weighted by Gasteiger charge is -2.34. The standard InChI is InChI=1S/C24H31N5O3/c1-24(2,3)32-23(30)29-11-5-6-17(14-29)19-13-26-22-20(19)21(27-15-28-22)25-12-16-7-9-18(31-4)10-8-16/h7-10,13,15,17H,5-6,11-12,14H2,1-4H3,(H2,25,26,27,28). The van der Waals surface area contributed by atoms with E-state index in [1.165, 1.54) is 0 Å². The Labute approximate surface area is 188 Å². The first kappa shape index (κ1) is 21.9. The number of carbonyl (C=O) groups is 1. The predicted octanol–water partition coefficient (Wildman–Crippen LogP) is 4.69. The Bertz CT molecular complexity index is 1070. The van der Waals surface area contributed by atoms with Gasteiger partial charge in [0.1, 0.15) is 29.1 Å². The first-order valence-electron chi connectivity index (χ1n) is 11.0. The van der Waals surface area contributed by atoms with Crippen molar-refractivity contribution in [3.8, 4) is 5.75 Å². The van der Waals surface area contributed by atoms with Crippen LogP contribution >= 0.6 is 0 Å². The van der Waals surface area contributed by atoms with Crippen LogP contribution in [-0.4, -0.2) is 51.7 Å². The van der Waals surface area contributed by atoms with Gasteiger partial charge in [0.25, 0.3) is 0 Å². The molecule has 8 heteroatoms. The minimum atomic E-state index is -0.503. The molecule has 0 radical (unpaired) electrons. The Kier molecular flexibility index (Phi) is 6.21. The molecule has 1 amide bonds. The summed E-state index contributed by atoms with van der Waals surface area (Å²) in [5, 5.41) is 4.44. The highest BCUT2D eigenvalue weighted by molar-refractivity contribution is 5.91. The number of aromatic nitrogens is 3. The molecule has 32 heavy (non-hydrogen) atoms. The first-order chi connectivity index (χ1) is 15.3. The van der Waals surface area contributed by atoms with Crippen molar-refractivity contribution in [2.45, 2.75) is 51.7 Å². The summed E-state index contributed by atoms with van der Waals surface area (Å²) in [6, 6.07) is 7.95. The number of hydrogen-bond acceptors (Lipinski definition) is 6. The number of rotatable bonds is 5. The van der Waals surface area contributed by atoms with Crippen LogP contribution in [0, 0.1) is 0 Å². The van der Waals surface area contributed by atoms with E-state index < -0.39 is 5.60 Å². The van der Waals surface area contributed by atoms with E-state index in [0.29, 0.717) is 19.6 Å². The zero-order chi connectivity index (χ0) is 22.7. The number of carbonyl (C=O) groups excluding carboxylic acids is 1. The molecule has 2 N–H and O–H groups in total. The normalized spacial score (nSPS) is 16.8. The van der Waals surface area contributed by atoms with Gasteiger partial charge in [-0.05, 0) is 56.9 Å². The molecule has 1 saturated heterocycles. The second-order valence-electron chi connectivity index (χ2n) is 9.16.